The standard InChI is InChI=1S/C8H8F3NO/c1-5-3-2-4-6(12-5)7(13)8(9,10)11/h2-4,7,13H,1H3. The first-order valence-electron chi connectivity index (χ1n) is 3.59. The molecule has 1 aromatic rings. The minimum absolute atomic E-state index is 0.368. The van der Waals surface area contributed by atoms with Crippen molar-refractivity contribution < 1.29 is 18.3 Å². The van der Waals surface area contributed by atoms with Gasteiger partial charge in [-0.15, -0.1) is 0 Å². The first kappa shape index (κ1) is 9.98. The van der Waals surface area contributed by atoms with Crippen LogP contribution < -0.4 is 0 Å². The zero-order valence-electron chi connectivity index (χ0n) is 6.84. The first-order valence-corrected chi connectivity index (χ1v) is 3.59. The minimum atomic E-state index is -4.65. The molecule has 0 aliphatic rings. The van der Waals surface area contributed by atoms with Gasteiger partial charge in [-0.1, -0.05) is 6.07 Å². The Hall–Kier alpha value is -1.10. The molecule has 13 heavy (non-hydrogen) atoms. The van der Waals surface area contributed by atoms with Gasteiger partial charge in [0.15, 0.2) is 6.10 Å². The molecule has 1 rings (SSSR count). The van der Waals surface area contributed by atoms with E-state index in [0.717, 1.165) is 6.07 Å². The summed E-state index contributed by atoms with van der Waals surface area (Å²) >= 11 is 0. The van der Waals surface area contributed by atoms with E-state index in [-0.39, 0.29) is 5.69 Å². The highest BCUT2D eigenvalue weighted by atomic mass is 19.4. The van der Waals surface area contributed by atoms with Crippen molar-refractivity contribution in [1.29, 1.82) is 0 Å². The highest BCUT2D eigenvalue weighted by Crippen LogP contribution is 2.31. The molecular formula is C8H8F3NO. The molecule has 0 aliphatic heterocycles. The summed E-state index contributed by atoms with van der Waals surface area (Å²) < 4.78 is 35.9. The van der Waals surface area contributed by atoms with E-state index in [2.05, 4.69) is 4.98 Å². The molecule has 0 aromatic carbocycles. The number of hydrogen-bond donors (Lipinski definition) is 1. The van der Waals surface area contributed by atoms with Crippen LogP contribution in [0.5, 0.6) is 0 Å². The van der Waals surface area contributed by atoms with Crippen LogP contribution in [-0.4, -0.2) is 16.3 Å². The van der Waals surface area contributed by atoms with Crippen molar-refractivity contribution in [2.75, 3.05) is 0 Å². The van der Waals surface area contributed by atoms with Gasteiger partial charge in [0.05, 0.1) is 5.69 Å². The van der Waals surface area contributed by atoms with E-state index >= 15 is 0 Å². The van der Waals surface area contributed by atoms with Gasteiger partial charge in [0, 0.05) is 5.69 Å². The van der Waals surface area contributed by atoms with Crippen molar-refractivity contribution in [3.63, 3.8) is 0 Å². The van der Waals surface area contributed by atoms with Crippen molar-refractivity contribution in [3.8, 4) is 0 Å². The van der Waals surface area contributed by atoms with Crippen LogP contribution in [0.15, 0.2) is 18.2 Å². The van der Waals surface area contributed by atoms with Gasteiger partial charge < -0.3 is 5.11 Å². The lowest BCUT2D eigenvalue weighted by Crippen LogP contribution is -2.21. The van der Waals surface area contributed by atoms with Crippen LogP contribution in [0, 0.1) is 6.92 Å². The molecule has 5 heteroatoms. The van der Waals surface area contributed by atoms with E-state index in [0.29, 0.717) is 5.69 Å². The predicted octanol–water partition coefficient (Wildman–Crippen LogP) is 1.99. The molecule has 72 valence electrons. The predicted molar refractivity (Wildman–Crippen MR) is 40.0 cm³/mol. The van der Waals surface area contributed by atoms with E-state index in [4.69, 9.17) is 5.11 Å². The molecular weight excluding hydrogens is 183 g/mol. The van der Waals surface area contributed by atoms with Crippen LogP contribution in [0.25, 0.3) is 0 Å². The third kappa shape index (κ3) is 2.42. The molecule has 0 bridgehead atoms. The molecule has 1 N–H and O–H groups in total. The van der Waals surface area contributed by atoms with Crippen LogP contribution in [0.4, 0.5) is 13.2 Å². The summed E-state index contributed by atoms with van der Waals surface area (Å²) in [5, 5.41) is 8.79. The number of halogens is 3. The monoisotopic (exact) mass is 191 g/mol. The van der Waals surface area contributed by atoms with E-state index in [1.807, 2.05) is 0 Å². The molecule has 0 saturated heterocycles. The Bertz CT molecular complexity index is 298. The molecule has 1 aromatic heterocycles. The summed E-state index contributed by atoms with van der Waals surface area (Å²) in [6, 6.07) is 4.13. The van der Waals surface area contributed by atoms with Crippen LogP contribution >= 0.6 is 0 Å². The fraction of sp³-hybridized carbons (Fsp3) is 0.375. The fourth-order valence-corrected chi connectivity index (χ4v) is 0.884. The topological polar surface area (TPSA) is 33.1 Å². The zero-order chi connectivity index (χ0) is 10.1. The van der Waals surface area contributed by atoms with E-state index in [1.54, 1.807) is 13.0 Å². The molecule has 1 unspecified atom stereocenters. The van der Waals surface area contributed by atoms with Gasteiger partial charge in [0.2, 0.25) is 0 Å². The van der Waals surface area contributed by atoms with Gasteiger partial charge in [-0.25, -0.2) is 0 Å². The molecule has 2 nitrogen and oxygen atoms in total. The number of pyridine rings is 1. The van der Waals surface area contributed by atoms with Crippen molar-refractivity contribution in [2.24, 2.45) is 0 Å². The van der Waals surface area contributed by atoms with Crippen LogP contribution in [0.3, 0.4) is 0 Å². The average molecular weight is 191 g/mol. The van der Waals surface area contributed by atoms with Gasteiger partial charge in [-0.2, -0.15) is 13.2 Å². The van der Waals surface area contributed by atoms with E-state index in [1.165, 1.54) is 6.07 Å². The summed E-state index contributed by atoms with van der Waals surface area (Å²) in [7, 11) is 0. The van der Waals surface area contributed by atoms with Crippen molar-refractivity contribution >= 4 is 0 Å². The fourth-order valence-electron chi connectivity index (χ4n) is 0.884. The Morgan fingerprint density at radius 3 is 2.46 bits per heavy atom. The maximum atomic E-state index is 12.0. The number of aromatic nitrogens is 1. The second-order valence-corrected chi connectivity index (χ2v) is 2.65. The van der Waals surface area contributed by atoms with E-state index in [9.17, 15) is 13.2 Å². The molecule has 1 atom stereocenters. The number of aliphatic hydroxyl groups is 1. The number of hydrogen-bond acceptors (Lipinski definition) is 2. The van der Waals surface area contributed by atoms with Gasteiger partial charge in [-0.3, -0.25) is 4.98 Å². The zero-order valence-corrected chi connectivity index (χ0v) is 6.84. The molecule has 0 radical (unpaired) electrons. The Balaban J connectivity index is 2.96. The summed E-state index contributed by atoms with van der Waals surface area (Å²) in [6.07, 6.45) is -7.15. The van der Waals surface area contributed by atoms with Crippen molar-refractivity contribution in [1.82, 2.24) is 4.98 Å². The maximum absolute atomic E-state index is 12.0. The van der Waals surface area contributed by atoms with Gasteiger partial charge >= 0.3 is 6.18 Å². The van der Waals surface area contributed by atoms with E-state index < -0.39 is 12.3 Å². The third-order valence-electron chi connectivity index (χ3n) is 1.50. The summed E-state index contributed by atoms with van der Waals surface area (Å²) in [4.78, 5) is 3.57. The third-order valence-corrected chi connectivity index (χ3v) is 1.50. The van der Waals surface area contributed by atoms with Crippen LogP contribution in [0.1, 0.15) is 17.5 Å². The molecule has 0 fully saturated rings. The maximum Gasteiger partial charge on any atom is 0.420 e. The second-order valence-electron chi connectivity index (χ2n) is 2.65. The lowest BCUT2D eigenvalue weighted by Gasteiger charge is -2.13. The highest BCUT2D eigenvalue weighted by Gasteiger charge is 2.40. The summed E-state index contributed by atoms with van der Waals surface area (Å²) in [5.41, 5.74) is 0.0771. The Morgan fingerprint density at radius 2 is 2.00 bits per heavy atom. The molecule has 0 spiro atoms. The Labute approximate surface area is 73.0 Å². The summed E-state index contributed by atoms with van der Waals surface area (Å²) in [6.45, 7) is 1.56. The number of nitrogens with zero attached hydrogens (tertiary/aromatic N) is 1. The molecule has 0 aliphatic carbocycles. The average Bonchev–Trinajstić information content (AvgIpc) is 2.01. The quantitative estimate of drug-likeness (QED) is 0.736. The SMILES string of the molecule is Cc1cccc(C(O)C(F)(F)F)n1. The Morgan fingerprint density at radius 1 is 1.38 bits per heavy atom. The largest absolute Gasteiger partial charge is 0.420 e. The smallest absolute Gasteiger partial charge is 0.378 e. The molecule has 0 saturated carbocycles. The van der Waals surface area contributed by atoms with Crippen molar-refractivity contribution in [2.45, 2.75) is 19.2 Å². The lowest BCUT2D eigenvalue weighted by atomic mass is 10.2. The minimum Gasteiger partial charge on any atom is -0.378 e. The van der Waals surface area contributed by atoms with Gasteiger partial charge in [-0.05, 0) is 19.1 Å². The molecule has 1 heterocycles. The number of alkyl halides is 3. The summed E-state index contributed by atoms with van der Waals surface area (Å²) in [5.74, 6) is 0. The van der Waals surface area contributed by atoms with Gasteiger partial charge in [0.25, 0.3) is 0 Å². The highest BCUT2D eigenvalue weighted by molar-refractivity contribution is 5.13. The van der Waals surface area contributed by atoms with Crippen molar-refractivity contribution in [3.05, 3.63) is 29.6 Å². The number of aliphatic hydroxyl groups excluding tert-OH is 1. The number of rotatable bonds is 1. The second kappa shape index (κ2) is 3.33. The Kier molecular flexibility index (Phi) is 2.56. The van der Waals surface area contributed by atoms with Gasteiger partial charge in [0.1, 0.15) is 0 Å². The van der Waals surface area contributed by atoms with Crippen LogP contribution in [0.2, 0.25) is 0 Å². The number of aryl methyl sites for hydroxylation is 1. The van der Waals surface area contributed by atoms with Crippen LogP contribution in [-0.2, 0) is 0 Å². The first-order chi connectivity index (χ1) is 5.91. The lowest BCUT2D eigenvalue weighted by molar-refractivity contribution is -0.208. The molecule has 0 amide bonds. The normalized spacial score (nSPS) is 14.2.